The van der Waals surface area contributed by atoms with E-state index in [1.165, 1.54) is 5.56 Å². The van der Waals surface area contributed by atoms with E-state index in [4.69, 9.17) is 9.47 Å². The second kappa shape index (κ2) is 8.39. The lowest BCUT2D eigenvalue weighted by Crippen LogP contribution is -1.92. The van der Waals surface area contributed by atoms with Crippen LogP contribution >= 0.6 is 0 Å². The normalized spacial score (nSPS) is 10.8. The van der Waals surface area contributed by atoms with E-state index in [1.807, 2.05) is 79.7 Å². The van der Waals surface area contributed by atoms with Crippen molar-refractivity contribution in [2.45, 2.75) is 6.92 Å². The Hall–Kier alpha value is -4.39. The Balaban J connectivity index is 1.39. The van der Waals surface area contributed by atoms with Crippen molar-refractivity contribution >= 4 is 22.5 Å². The zero-order valence-corrected chi connectivity index (χ0v) is 17.7. The first-order valence-corrected chi connectivity index (χ1v) is 10.2. The van der Waals surface area contributed by atoms with E-state index >= 15 is 0 Å². The Morgan fingerprint density at radius 1 is 0.875 bits per heavy atom. The second-order valence-corrected chi connectivity index (χ2v) is 7.34. The number of aryl methyl sites for hydroxylation is 1. The summed E-state index contributed by atoms with van der Waals surface area (Å²) in [5.41, 5.74) is 3.79. The number of rotatable bonds is 6. The highest BCUT2D eigenvalue weighted by atomic mass is 16.5. The molecule has 5 rings (SSSR count). The van der Waals surface area contributed by atoms with Gasteiger partial charge in [-0.3, -0.25) is 4.98 Å². The van der Waals surface area contributed by atoms with Crippen LogP contribution in [0.15, 0.2) is 79.0 Å². The van der Waals surface area contributed by atoms with Crippen LogP contribution in [0.3, 0.4) is 0 Å². The number of H-pyrrole nitrogens is 1. The number of fused-ring (bicyclic) bond motifs is 1. The second-order valence-electron chi connectivity index (χ2n) is 7.34. The third-order valence-electron chi connectivity index (χ3n) is 5.01. The van der Waals surface area contributed by atoms with Gasteiger partial charge in [0.15, 0.2) is 5.82 Å². The van der Waals surface area contributed by atoms with E-state index in [9.17, 15) is 0 Å². The van der Waals surface area contributed by atoms with E-state index in [2.05, 4.69) is 25.5 Å². The number of aromatic nitrogens is 4. The molecule has 7 nitrogen and oxygen atoms in total. The minimum Gasteiger partial charge on any atom is -0.497 e. The van der Waals surface area contributed by atoms with Crippen molar-refractivity contribution in [2.75, 3.05) is 12.4 Å². The van der Waals surface area contributed by atoms with Crippen LogP contribution in [-0.2, 0) is 0 Å². The summed E-state index contributed by atoms with van der Waals surface area (Å²) in [4.78, 5) is 7.63. The molecule has 2 heterocycles. The molecule has 0 radical (unpaired) electrons. The molecule has 158 valence electrons. The molecule has 0 saturated carbocycles. The Labute approximate surface area is 185 Å². The van der Waals surface area contributed by atoms with Gasteiger partial charge in [-0.2, -0.15) is 0 Å². The maximum atomic E-state index is 6.18. The summed E-state index contributed by atoms with van der Waals surface area (Å²) in [6.45, 7) is 2.05. The maximum absolute atomic E-state index is 6.18. The van der Waals surface area contributed by atoms with Gasteiger partial charge in [0, 0.05) is 28.9 Å². The van der Waals surface area contributed by atoms with Crippen LogP contribution < -0.4 is 14.8 Å². The van der Waals surface area contributed by atoms with E-state index in [0.29, 0.717) is 23.3 Å². The molecule has 0 saturated heterocycles. The number of anilines is 2. The molecule has 0 amide bonds. The van der Waals surface area contributed by atoms with Gasteiger partial charge in [-0.25, -0.2) is 0 Å². The lowest BCUT2D eigenvalue weighted by molar-refractivity contribution is 0.415. The van der Waals surface area contributed by atoms with Gasteiger partial charge in [0.1, 0.15) is 17.2 Å². The molecule has 0 fully saturated rings. The summed E-state index contributed by atoms with van der Waals surface area (Å²) in [6, 6.07) is 23.4. The third kappa shape index (κ3) is 4.09. The number of hydrogen-bond donors (Lipinski definition) is 2. The predicted molar refractivity (Wildman–Crippen MR) is 125 cm³/mol. The molecule has 3 aromatic carbocycles. The molecular weight excluding hydrogens is 402 g/mol. The molecule has 0 atom stereocenters. The molecule has 0 aliphatic rings. The largest absolute Gasteiger partial charge is 0.497 e. The van der Waals surface area contributed by atoms with Crippen LogP contribution in [-0.4, -0.2) is 27.3 Å². The lowest BCUT2D eigenvalue weighted by Gasteiger charge is -2.10. The number of hydrogen-bond acceptors (Lipinski definition) is 6. The Bertz CT molecular complexity index is 1400. The molecule has 0 bridgehead atoms. The average molecular weight is 423 g/mol. The maximum Gasteiger partial charge on any atom is 0.226 e. The van der Waals surface area contributed by atoms with Crippen LogP contribution in [0.4, 0.5) is 11.6 Å². The van der Waals surface area contributed by atoms with Crippen LogP contribution in [0.1, 0.15) is 5.56 Å². The van der Waals surface area contributed by atoms with Gasteiger partial charge >= 0.3 is 0 Å². The van der Waals surface area contributed by atoms with Crippen molar-refractivity contribution in [3.8, 4) is 28.6 Å². The quantitative estimate of drug-likeness (QED) is 0.355. The summed E-state index contributed by atoms with van der Waals surface area (Å²) in [5.74, 6) is 3.38. The Kier molecular flexibility index (Phi) is 5.13. The fourth-order valence-corrected chi connectivity index (χ4v) is 3.46. The minimum atomic E-state index is 0.575. The number of nitrogens with zero attached hydrogens (tertiary/aromatic N) is 3. The number of ether oxygens (including phenoxy) is 2. The van der Waals surface area contributed by atoms with Crippen molar-refractivity contribution < 1.29 is 9.47 Å². The molecule has 0 aliphatic heterocycles. The molecule has 2 aromatic heterocycles. The average Bonchev–Trinajstić information content (AvgIpc) is 3.27. The highest BCUT2D eigenvalue weighted by Crippen LogP contribution is 2.32. The van der Waals surface area contributed by atoms with Gasteiger partial charge < -0.3 is 19.8 Å². The van der Waals surface area contributed by atoms with Crippen molar-refractivity contribution in [2.24, 2.45) is 0 Å². The topological polar surface area (TPSA) is 85.0 Å². The first kappa shape index (κ1) is 19.6. The Morgan fingerprint density at radius 3 is 2.66 bits per heavy atom. The van der Waals surface area contributed by atoms with Crippen molar-refractivity contribution in [3.63, 3.8) is 0 Å². The summed E-state index contributed by atoms with van der Waals surface area (Å²) >= 11 is 0. The fourth-order valence-electron chi connectivity index (χ4n) is 3.46. The first-order valence-electron chi connectivity index (χ1n) is 10.2. The lowest BCUT2D eigenvalue weighted by atomic mass is 10.2. The number of methoxy groups -OCH3 is 1. The number of benzene rings is 3. The van der Waals surface area contributed by atoms with Gasteiger partial charge in [0.2, 0.25) is 5.95 Å². The van der Waals surface area contributed by atoms with Crippen molar-refractivity contribution in [3.05, 3.63) is 84.6 Å². The van der Waals surface area contributed by atoms with Gasteiger partial charge in [0.05, 0.1) is 12.6 Å². The molecule has 7 heteroatoms. The molecule has 32 heavy (non-hydrogen) atoms. The monoisotopic (exact) mass is 423 g/mol. The summed E-state index contributed by atoms with van der Waals surface area (Å²) in [7, 11) is 1.64. The Morgan fingerprint density at radius 2 is 1.78 bits per heavy atom. The molecule has 5 aromatic rings. The molecule has 0 spiro atoms. The zero-order valence-electron chi connectivity index (χ0n) is 17.7. The molecule has 2 N–H and O–H groups in total. The summed E-state index contributed by atoms with van der Waals surface area (Å²) < 4.78 is 11.5. The number of nitrogens with one attached hydrogen (secondary N) is 2. The highest BCUT2D eigenvalue weighted by molar-refractivity contribution is 5.86. The summed E-state index contributed by atoms with van der Waals surface area (Å²) in [6.07, 6.45) is 1.72. The van der Waals surface area contributed by atoms with Gasteiger partial charge in [-0.1, -0.05) is 24.3 Å². The standard InChI is InChI=1S/C25H21N5O2/c1-16-5-3-7-18(13-16)27-25-28-24(29-30-25)17-6-4-8-20(14-17)32-23-11-12-26-22-15-19(31-2)9-10-21(22)23/h3-15H,1-2H3,(H2,27,28,29,30). The first-order chi connectivity index (χ1) is 15.7. The zero-order chi connectivity index (χ0) is 21.9. The fraction of sp³-hybridized carbons (Fsp3) is 0.0800. The molecule has 0 aliphatic carbocycles. The van der Waals surface area contributed by atoms with Crippen LogP contribution in [0.25, 0.3) is 22.3 Å². The van der Waals surface area contributed by atoms with Gasteiger partial charge in [0.25, 0.3) is 0 Å². The van der Waals surface area contributed by atoms with E-state index in [1.54, 1.807) is 13.3 Å². The molecular formula is C25H21N5O2. The highest BCUT2D eigenvalue weighted by Gasteiger charge is 2.10. The van der Waals surface area contributed by atoms with Gasteiger partial charge in [-0.05, 0) is 55.0 Å². The van der Waals surface area contributed by atoms with Crippen LogP contribution in [0.5, 0.6) is 17.2 Å². The predicted octanol–water partition coefficient (Wildman–Crippen LogP) is 5.87. The summed E-state index contributed by atoms with van der Waals surface area (Å²) in [5, 5.41) is 12.6. The number of pyridine rings is 1. The van der Waals surface area contributed by atoms with E-state index in [-0.39, 0.29) is 0 Å². The molecule has 0 unspecified atom stereocenters. The van der Waals surface area contributed by atoms with Crippen LogP contribution in [0.2, 0.25) is 0 Å². The van der Waals surface area contributed by atoms with E-state index in [0.717, 1.165) is 27.9 Å². The van der Waals surface area contributed by atoms with Crippen molar-refractivity contribution in [1.82, 2.24) is 20.2 Å². The van der Waals surface area contributed by atoms with E-state index < -0.39 is 0 Å². The SMILES string of the molecule is COc1ccc2c(Oc3cccc(-c4nnc(Nc5cccc(C)c5)[nH]4)c3)ccnc2c1. The minimum absolute atomic E-state index is 0.575. The van der Waals surface area contributed by atoms with Crippen molar-refractivity contribution in [1.29, 1.82) is 0 Å². The van der Waals surface area contributed by atoms with Crippen LogP contribution in [0, 0.1) is 6.92 Å². The number of aromatic amines is 1. The van der Waals surface area contributed by atoms with Gasteiger partial charge in [-0.15, -0.1) is 10.2 Å². The third-order valence-corrected chi connectivity index (χ3v) is 5.01. The smallest absolute Gasteiger partial charge is 0.226 e.